The van der Waals surface area contributed by atoms with Crippen LogP contribution in [0.1, 0.15) is 5.56 Å². The molecule has 0 atom stereocenters. The number of H-pyrrole nitrogens is 1. The number of aromatic nitrogens is 2. The number of pyridine rings is 2. The van der Waals surface area contributed by atoms with E-state index < -0.39 is 15.6 Å². The zero-order valence-corrected chi connectivity index (χ0v) is 12.5. The smallest absolute Gasteiger partial charge is 0.266 e. The van der Waals surface area contributed by atoms with E-state index in [9.17, 15) is 13.2 Å². The number of nitrogens with zero attached hydrogens (tertiary/aromatic N) is 1. The van der Waals surface area contributed by atoms with Crippen molar-refractivity contribution in [3.05, 3.63) is 51.5 Å². The number of nitrogens with one attached hydrogen (secondary N) is 2. The van der Waals surface area contributed by atoms with Gasteiger partial charge in [0.2, 0.25) is 15.9 Å². The standard InChI is InChI=1S/C12H12ClN3O4S/c1-20-11-4-8(2-3-14-11)6-16-21(18,19)9-5-10(13)12(17)15-7-9/h2-5,7,16H,6H2,1H3,(H,15,17). The number of hydrogen-bond donors (Lipinski definition) is 2. The van der Waals surface area contributed by atoms with Crippen molar-refractivity contribution >= 4 is 21.6 Å². The maximum atomic E-state index is 12.1. The molecule has 0 aromatic carbocycles. The lowest BCUT2D eigenvalue weighted by molar-refractivity contribution is 0.397. The fourth-order valence-corrected chi connectivity index (χ4v) is 2.77. The predicted molar refractivity (Wildman–Crippen MR) is 76.9 cm³/mol. The van der Waals surface area contributed by atoms with E-state index in [1.807, 2.05) is 0 Å². The van der Waals surface area contributed by atoms with E-state index in [4.69, 9.17) is 16.3 Å². The highest BCUT2D eigenvalue weighted by Crippen LogP contribution is 2.12. The van der Waals surface area contributed by atoms with Gasteiger partial charge < -0.3 is 9.72 Å². The van der Waals surface area contributed by atoms with E-state index in [-0.39, 0.29) is 16.5 Å². The van der Waals surface area contributed by atoms with Crippen LogP contribution in [0.5, 0.6) is 5.88 Å². The molecule has 112 valence electrons. The van der Waals surface area contributed by atoms with Gasteiger partial charge in [-0.3, -0.25) is 4.79 Å². The van der Waals surface area contributed by atoms with E-state index in [1.54, 1.807) is 12.1 Å². The molecule has 0 spiro atoms. The van der Waals surface area contributed by atoms with Crippen molar-refractivity contribution in [3.63, 3.8) is 0 Å². The largest absolute Gasteiger partial charge is 0.481 e. The maximum Gasteiger partial charge on any atom is 0.266 e. The van der Waals surface area contributed by atoms with Gasteiger partial charge in [-0.15, -0.1) is 0 Å². The minimum atomic E-state index is -3.78. The molecule has 0 amide bonds. The summed E-state index contributed by atoms with van der Waals surface area (Å²) in [6.45, 7) is 0.0535. The number of rotatable bonds is 5. The first-order valence-corrected chi connectivity index (χ1v) is 7.65. The van der Waals surface area contributed by atoms with E-state index in [2.05, 4.69) is 14.7 Å². The lowest BCUT2D eigenvalue weighted by atomic mass is 10.3. The molecule has 9 heteroatoms. The van der Waals surface area contributed by atoms with Gasteiger partial charge in [0.25, 0.3) is 5.56 Å². The van der Waals surface area contributed by atoms with Crippen molar-refractivity contribution in [2.24, 2.45) is 0 Å². The summed E-state index contributed by atoms with van der Waals surface area (Å²) in [6, 6.07) is 4.36. The topological polar surface area (TPSA) is 101 Å². The number of ether oxygens (including phenoxy) is 1. The summed E-state index contributed by atoms with van der Waals surface area (Å²) in [5.74, 6) is 0.388. The molecule has 0 aliphatic heterocycles. The van der Waals surface area contributed by atoms with Crippen LogP contribution in [-0.4, -0.2) is 25.5 Å². The van der Waals surface area contributed by atoms with Crippen LogP contribution in [0.3, 0.4) is 0 Å². The first-order chi connectivity index (χ1) is 9.92. The van der Waals surface area contributed by atoms with Crippen LogP contribution in [0, 0.1) is 0 Å². The van der Waals surface area contributed by atoms with Crippen LogP contribution in [0.4, 0.5) is 0 Å². The second kappa shape index (κ2) is 6.25. The highest BCUT2D eigenvalue weighted by molar-refractivity contribution is 7.89. The Labute approximate surface area is 126 Å². The normalized spacial score (nSPS) is 11.3. The Kier molecular flexibility index (Phi) is 4.61. The monoisotopic (exact) mass is 329 g/mol. The van der Waals surface area contributed by atoms with E-state index in [0.717, 1.165) is 12.3 Å². The molecule has 0 radical (unpaired) electrons. The summed E-state index contributed by atoms with van der Waals surface area (Å²) in [6.07, 6.45) is 2.60. The van der Waals surface area contributed by atoms with Crippen LogP contribution < -0.4 is 15.0 Å². The Morgan fingerprint density at radius 1 is 1.43 bits per heavy atom. The molecular formula is C12H12ClN3O4S. The minimum Gasteiger partial charge on any atom is -0.481 e. The van der Waals surface area contributed by atoms with Gasteiger partial charge in [-0.25, -0.2) is 18.1 Å². The van der Waals surface area contributed by atoms with E-state index in [1.165, 1.54) is 13.3 Å². The third-order valence-corrected chi connectivity index (χ3v) is 4.28. The lowest BCUT2D eigenvalue weighted by Crippen LogP contribution is -2.24. The highest BCUT2D eigenvalue weighted by atomic mass is 35.5. The average molecular weight is 330 g/mol. The minimum absolute atomic E-state index is 0.0535. The predicted octanol–water partition coefficient (Wildman–Crippen LogP) is 0.910. The summed E-state index contributed by atoms with van der Waals surface area (Å²) >= 11 is 5.62. The van der Waals surface area contributed by atoms with E-state index in [0.29, 0.717) is 11.4 Å². The molecule has 2 aromatic heterocycles. The van der Waals surface area contributed by atoms with Crippen LogP contribution >= 0.6 is 11.6 Å². The molecule has 7 nitrogen and oxygen atoms in total. The molecule has 0 bridgehead atoms. The molecule has 2 aromatic rings. The van der Waals surface area contributed by atoms with Crippen LogP contribution in [-0.2, 0) is 16.6 Å². The number of aromatic amines is 1. The van der Waals surface area contributed by atoms with Gasteiger partial charge in [-0.1, -0.05) is 11.6 Å². The zero-order chi connectivity index (χ0) is 15.5. The Morgan fingerprint density at radius 2 is 2.19 bits per heavy atom. The van der Waals surface area contributed by atoms with Crippen LogP contribution in [0.25, 0.3) is 0 Å². The van der Waals surface area contributed by atoms with Gasteiger partial charge in [0, 0.05) is 25.0 Å². The van der Waals surface area contributed by atoms with Gasteiger partial charge >= 0.3 is 0 Å². The molecule has 2 N–H and O–H groups in total. The number of hydrogen-bond acceptors (Lipinski definition) is 5. The highest BCUT2D eigenvalue weighted by Gasteiger charge is 2.15. The second-order valence-electron chi connectivity index (χ2n) is 4.04. The summed E-state index contributed by atoms with van der Waals surface area (Å²) in [5.41, 5.74) is 0.135. The molecule has 2 heterocycles. The van der Waals surface area contributed by atoms with Crippen molar-refractivity contribution in [1.82, 2.24) is 14.7 Å². The van der Waals surface area contributed by atoms with Crippen molar-refractivity contribution in [2.45, 2.75) is 11.4 Å². The lowest BCUT2D eigenvalue weighted by Gasteiger charge is -2.07. The van der Waals surface area contributed by atoms with Gasteiger partial charge in [0.05, 0.1) is 12.0 Å². The second-order valence-corrected chi connectivity index (χ2v) is 6.22. The molecule has 2 rings (SSSR count). The average Bonchev–Trinajstić information content (AvgIpc) is 2.48. The van der Waals surface area contributed by atoms with Crippen molar-refractivity contribution in [2.75, 3.05) is 7.11 Å². The first-order valence-electron chi connectivity index (χ1n) is 5.79. The molecular weight excluding hydrogens is 318 g/mol. The van der Waals surface area contributed by atoms with Crippen molar-refractivity contribution in [1.29, 1.82) is 0 Å². The molecule has 0 unspecified atom stereocenters. The Bertz CT molecular complexity index is 804. The quantitative estimate of drug-likeness (QED) is 0.849. The summed E-state index contributed by atoms with van der Waals surface area (Å²) in [4.78, 5) is 17.2. The van der Waals surface area contributed by atoms with Crippen LogP contribution in [0.2, 0.25) is 5.02 Å². The van der Waals surface area contributed by atoms with Gasteiger partial charge in [0.1, 0.15) is 5.02 Å². The number of halogens is 1. The first kappa shape index (κ1) is 15.5. The zero-order valence-electron chi connectivity index (χ0n) is 11.0. The Morgan fingerprint density at radius 3 is 2.86 bits per heavy atom. The van der Waals surface area contributed by atoms with Gasteiger partial charge in [-0.2, -0.15) is 0 Å². The van der Waals surface area contributed by atoms with E-state index >= 15 is 0 Å². The molecule has 0 aliphatic rings. The van der Waals surface area contributed by atoms with Crippen molar-refractivity contribution in [3.8, 4) is 5.88 Å². The maximum absolute atomic E-state index is 12.1. The molecule has 0 saturated carbocycles. The van der Waals surface area contributed by atoms with Gasteiger partial charge in [0.15, 0.2) is 0 Å². The molecule has 0 saturated heterocycles. The van der Waals surface area contributed by atoms with Crippen LogP contribution in [0.15, 0.2) is 40.3 Å². The number of methoxy groups -OCH3 is 1. The Balaban J connectivity index is 2.17. The summed E-state index contributed by atoms with van der Waals surface area (Å²) < 4.78 is 31.5. The fraction of sp³-hybridized carbons (Fsp3) is 0.167. The van der Waals surface area contributed by atoms with Gasteiger partial charge in [-0.05, 0) is 17.7 Å². The SMILES string of the molecule is COc1cc(CNS(=O)(=O)c2c[nH]c(=O)c(Cl)c2)ccn1. The Hall–Kier alpha value is -1.90. The number of sulfonamides is 1. The summed E-state index contributed by atoms with van der Waals surface area (Å²) in [5, 5.41) is -0.191. The molecule has 21 heavy (non-hydrogen) atoms. The fourth-order valence-electron chi connectivity index (χ4n) is 1.53. The van der Waals surface area contributed by atoms with Crippen molar-refractivity contribution < 1.29 is 13.2 Å². The summed E-state index contributed by atoms with van der Waals surface area (Å²) in [7, 11) is -2.31. The molecule has 0 fully saturated rings. The third-order valence-electron chi connectivity index (χ3n) is 2.62. The molecule has 0 aliphatic carbocycles. The third kappa shape index (κ3) is 3.81.